The van der Waals surface area contributed by atoms with E-state index in [0.29, 0.717) is 28.6 Å². The molecule has 9 heteroatoms. The second-order valence-electron chi connectivity index (χ2n) is 7.29. The van der Waals surface area contributed by atoms with E-state index in [4.69, 9.17) is 16.3 Å². The number of carbonyl (C=O) groups is 1. The van der Waals surface area contributed by atoms with Gasteiger partial charge in [-0.05, 0) is 79.6 Å². The summed E-state index contributed by atoms with van der Waals surface area (Å²) in [5.41, 5.74) is 1.77. The van der Waals surface area contributed by atoms with E-state index < -0.39 is 10.0 Å². The minimum atomic E-state index is -3.83. The van der Waals surface area contributed by atoms with Gasteiger partial charge in [-0.2, -0.15) is 0 Å². The summed E-state index contributed by atoms with van der Waals surface area (Å²) in [6, 6.07) is 18.6. The zero-order valence-electron chi connectivity index (χ0n) is 18.5. The van der Waals surface area contributed by atoms with Crippen LogP contribution >= 0.6 is 23.4 Å². The third kappa shape index (κ3) is 6.66. The fraction of sp³-hybridized carbons (Fsp3) is 0.208. The van der Waals surface area contributed by atoms with E-state index in [2.05, 4.69) is 10.0 Å². The third-order valence-corrected chi connectivity index (χ3v) is 7.80. The molecule has 0 unspecified atom stereocenters. The highest BCUT2D eigenvalue weighted by atomic mass is 35.5. The molecule has 174 valence electrons. The van der Waals surface area contributed by atoms with Crippen molar-refractivity contribution in [1.29, 1.82) is 0 Å². The molecule has 0 heterocycles. The van der Waals surface area contributed by atoms with Crippen molar-refractivity contribution in [3.8, 4) is 5.75 Å². The highest BCUT2D eigenvalue weighted by Crippen LogP contribution is 2.29. The van der Waals surface area contributed by atoms with Crippen LogP contribution < -0.4 is 14.8 Å². The Kier molecular flexibility index (Phi) is 8.29. The number of ether oxygens (including phenoxy) is 1. The Bertz CT molecular complexity index is 1210. The maximum absolute atomic E-state index is 12.8. The van der Waals surface area contributed by atoms with E-state index in [1.54, 1.807) is 36.4 Å². The van der Waals surface area contributed by atoms with Crippen LogP contribution in [0.1, 0.15) is 18.9 Å². The summed E-state index contributed by atoms with van der Waals surface area (Å²) in [5.74, 6) is 0.271. The summed E-state index contributed by atoms with van der Waals surface area (Å²) in [7, 11) is -2.35. The Labute approximate surface area is 203 Å². The number of hydrogen-bond acceptors (Lipinski definition) is 5. The van der Waals surface area contributed by atoms with Crippen molar-refractivity contribution < 1.29 is 17.9 Å². The van der Waals surface area contributed by atoms with Crippen LogP contribution in [-0.2, 0) is 14.8 Å². The van der Waals surface area contributed by atoms with Gasteiger partial charge in [0.05, 0.1) is 22.9 Å². The van der Waals surface area contributed by atoms with Crippen molar-refractivity contribution in [3.63, 3.8) is 0 Å². The SMILES string of the molecule is CC[C@@H](Sc1ccc(Cl)cc1)C(=O)Nc1ccc(S(=O)(=O)Nc2cc(C)ccc2OC)cc1. The number of thioether (sulfide) groups is 1. The number of rotatable bonds is 9. The number of sulfonamides is 1. The summed E-state index contributed by atoms with van der Waals surface area (Å²) < 4.78 is 33.5. The maximum Gasteiger partial charge on any atom is 0.262 e. The van der Waals surface area contributed by atoms with Gasteiger partial charge in [0.2, 0.25) is 5.91 Å². The third-order valence-electron chi connectivity index (χ3n) is 4.79. The Morgan fingerprint density at radius 1 is 1.06 bits per heavy atom. The van der Waals surface area contributed by atoms with E-state index in [0.717, 1.165) is 10.5 Å². The monoisotopic (exact) mass is 504 g/mol. The predicted molar refractivity (Wildman–Crippen MR) is 135 cm³/mol. The van der Waals surface area contributed by atoms with Gasteiger partial charge in [-0.25, -0.2) is 8.42 Å². The van der Waals surface area contributed by atoms with Crippen LogP contribution in [0.4, 0.5) is 11.4 Å². The molecule has 0 bridgehead atoms. The Hall–Kier alpha value is -2.68. The molecule has 2 N–H and O–H groups in total. The predicted octanol–water partition coefficient (Wildman–Crippen LogP) is 5.97. The van der Waals surface area contributed by atoms with Crippen LogP contribution in [0, 0.1) is 6.92 Å². The van der Waals surface area contributed by atoms with Gasteiger partial charge >= 0.3 is 0 Å². The van der Waals surface area contributed by atoms with Crippen molar-refractivity contribution in [1.82, 2.24) is 0 Å². The van der Waals surface area contributed by atoms with Crippen molar-refractivity contribution in [2.24, 2.45) is 0 Å². The minimum Gasteiger partial charge on any atom is -0.495 e. The molecular formula is C24H25ClN2O4S2. The lowest BCUT2D eigenvalue weighted by atomic mass is 10.2. The Morgan fingerprint density at radius 2 is 1.73 bits per heavy atom. The number of methoxy groups -OCH3 is 1. The molecule has 0 spiro atoms. The molecule has 0 aliphatic carbocycles. The summed E-state index contributed by atoms with van der Waals surface area (Å²) >= 11 is 7.37. The first kappa shape index (κ1) is 25.0. The van der Waals surface area contributed by atoms with Gasteiger partial charge in [-0.1, -0.05) is 24.6 Å². The van der Waals surface area contributed by atoms with E-state index in [1.807, 2.05) is 32.0 Å². The molecule has 0 radical (unpaired) electrons. The van der Waals surface area contributed by atoms with Crippen molar-refractivity contribution >= 4 is 50.7 Å². The number of anilines is 2. The number of carbonyl (C=O) groups excluding carboxylic acids is 1. The first-order valence-electron chi connectivity index (χ1n) is 10.2. The van der Waals surface area contributed by atoms with Crippen molar-refractivity contribution in [2.75, 3.05) is 17.1 Å². The second kappa shape index (κ2) is 11.0. The van der Waals surface area contributed by atoms with Gasteiger partial charge in [0.15, 0.2) is 0 Å². The fourth-order valence-electron chi connectivity index (χ4n) is 3.05. The number of nitrogens with one attached hydrogen (secondary N) is 2. The van der Waals surface area contributed by atoms with Gasteiger partial charge < -0.3 is 10.1 Å². The number of halogens is 1. The van der Waals surface area contributed by atoms with E-state index in [-0.39, 0.29) is 16.1 Å². The van der Waals surface area contributed by atoms with Crippen molar-refractivity contribution in [2.45, 2.75) is 35.3 Å². The molecule has 1 atom stereocenters. The summed E-state index contributed by atoms with van der Waals surface area (Å²) in [4.78, 5) is 13.8. The summed E-state index contributed by atoms with van der Waals surface area (Å²) in [6.45, 7) is 3.80. The minimum absolute atomic E-state index is 0.0756. The van der Waals surface area contributed by atoms with Gasteiger partial charge in [0, 0.05) is 15.6 Å². The lowest BCUT2D eigenvalue weighted by molar-refractivity contribution is -0.115. The molecule has 0 saturated heterocycles. The summed E-state index contributed by atoms with van der Waals surface area (Å²) in [6.07, 6.45) is 0.633. The maximum atomic E-state index is 12.8. The standard InChI is InChI=1S/C24H25ClN2O4S2/c1-4-23(32-19-10-6-17(25)7-11-19)24(28)26-18-8-12-20(13-9-18)33(29,30)27-21-15-16(2)5-14-22(21)31-3/h5-15,23,27H,4H2,1-3H3,(H,26,28)/t23-/m1/s1. The van der Waals surface area contributed by atoms with Crippen LogP contribution in [0.25, 0.3) is 0 Å². The highest BCUT2D eigenvalue weighted by molar-refractivity contribution is 8.00. The molecule has 3 rings (SSSR count). The Morgan fingerprint density at radius 3 is 2.33 bits per heavy atom. The molecule has 0 aromatic heterocycles. The normalized spacial score (nSPS) is 12.1. The number of aryl methyl sites for hydroxylation is 1. The molecule has 3 aromatic rings. The van der Waals surface area contributed by atoms with E-state index in [1.165, 1.54) is 31.0 Å². The summed E-state index contributed by atoms with van der Waals surface area (Å²) in [5, 5.41) is 3.20. The fourth-order valence-corrected chi connectivity index (χ4v) is 5.19. The first-order valence-corrected chi connectivity index (χ1v) is 13.0. The van der Waals surface area contributed by atoms with Gasteiger partial charge in [-0.3, -0.25) is 9.52 Å². The number of amides is 1. The largest absolute Gasteiger partial charge is 0.495 e. The lowest BCUT2D eigenvalue weighted by Gasteiger charge is -2.15. The van der Waals surface area contributed by atoms with Gasteiger partial charge in [-0.15, -0.1) is 11.8 Å². The van der Waals surface area contributed by atoms with Crippen LogP contribution in [0.3, 0.4) is 0 Å². The number of benzene rings is 3. The highest BCUT2D eigenvalue weighted by Gasteiger charge is 2.20. The number of hydrogen-bond donors (Lipinski definition) is 2. The van der Waals surface area contributed by atoms with Crippen LogP contribution in [0.15, 0.2) is 76.5 Å². The average molecular weight is 505 g/mol. The smallest absolute Gasteiger partial charge is 0.262 e. The van der Waals surface area contributed by atoms with Crippen molar-refractivity contribution in [3.05, 3.63) is 77.3 Å². The van der Waals surface area contributed by atoms with Crippen LogP contribution in [0.5, 0.6) is 5.75 Å². The molecule has 1 amide bonds. The molecule has 3 aromatic carbocycles. The molecule has 0 aliphatic rings. The van der Waals surface area contributed by atoms with E-state index >= 15 is 0 Å². The second-order valence-corrected chi connectivity index (χ2v) is 10.7. The van der Waals surface area contributed by atoms with Crippen LogP contribution in [-0.4, -0.2) is 26.7 Å². The topological polar surface area (TPSA) is 84.5 Å². The molecule has 0 saturated carbocycles. The molecule has 33 heavy (non-hydrogen) atoms. The Balaban J connectivity index is 1.69. The van der Waals surface area contributed by atoms with Gasteiger partial charge in [0.25, 0.3) is 10.0 Å². The quantitative estimate of drug-likeness (QED) is 0.351. The molecular weight excluding hydrogens is 480 g/mol. The average Bonchev–Trinajstić information content (AvgIpc) is 2.79. The zero-order chi connectivity index (χ0) is 24.0. The molecule has 6 nitrogen and oxygen atoms in total. The van der Waals surface area contributed by atoms with Gasteiger partial charge in [0.1, 0.15) is 5.75 Å². The molecule has 0 fully saturated rings. The van der Waals surface area contributed by atoms with E-state index in [9.17, 15) is 13.2 Å². The zero-order valence-corrected chi connectivity index (χ0v) is 20.9. The lowest BCUT2D eigenvalue weighted by Crippen LogP contribution is -2.24. The van der Waals surface area contributed by atoms with Crippen LogP contribution in [0.2, 0.25) is 5.02 Å². The molecule has 0 aliphatic heterocycles. The first-order chi connectivity index (χ1) is 15.7.